The summed E-state index contributed by atoms with van der Waals surface area (Å²) in [4.78, 5) is 12.2. The number of ether oxygens (including phenoxy) is 1. The molecule has 11 heavy (non-hydrogen) atoms. The van der Waals surface area contributed by atoms with E-state index >= 15 is 0 Å². The van der Waals surface area contributed by atoms with E-state index in [4.69, 9.17) is 9.84 Å². The van der Waals surface area contributed by atoms with Crippen LogP contribution >= 0.6 is 0 Å². The summed E-state index contributed by atoms with van der Waals surface area (Å²) in [6, 6.07) is 0.236. The van der Waals surface area contributed by atoms with Crippen molar-refractivity contribution in [2.45, 2.75) is 13.0 Å². The molecule has 0 aromatic rings. The zero-order valence-electron chi connectivity index (χ0n) is 6.62. The molecule has 0 saturated carbocycles. The Kier molecular flexibility index (Phi) is 2.84. The van der Waals surface area contributed by atoms with Crippen LogP contribution in [0.5, 0.6) is 0 Å². The number of rotatable bonds is 2. The molecule has 0 unspecified atom stereocenters. The first kappa shape index (κ1) is 8.49. The molecule has 1 atom stereocenters. The first-order valence-corrected chi connectivity index (χ1v) is 3.73. The number of morpholine rings is 1. The molecule has 1 N–H and O–H groups in total. The van der Waals surface area contributed by atoms with Crippen molar-refractivity contribution < 1.29 is 14.6 Å². The standard InChI is InChI=1S/C7H13NO3/c1-6-5-11-3-2-8(6)4-7(9)10/h6H,2-5H2,1H3,(H,9,10)/t6-/m1/s1. The first-order chi connectivity index (χ1) is 5.20. The Morgan fingerprint density at radius 2 is 2.55 bits per heavy atom. The van der Waals surface area contributed by atoms with E-state index in [1.165, 1.54) is 0 Å². The zero-order chi connectivity index (χ0) is 8.27. The summed E-state index contributed by atoms with van der Waals surface area (Å²) in [7, 11) is 0. The lowest BCUT2D eigenvalue weighted by Crippen LogP contribution is -2.45. The van der Waals surface area contributed by atoms with Crippen molar-refractivity contribution >= 4 is 5.97 Å². The summed E-state index contributed by atoms with van der Waals surface area (Å²) < 4.78 is 5.16. The van der Waals surface area contributed by atoms with E-state index in [0.29, 0.717) is 13.2 Å². The highest BCUT2D eigenvalue weighted by molar-refractivity contribution is 5.69. The third kappa shape index (κ3) is 2.48. The normalized spacial score (nSPS) is 26.8. The van der Waals surface area contributed by atoms with Gasteiger partial charge in [0.25, 0.3) is 0 Å². The molecule has 0 aromatic carbocycles. The Labute approximate surface area is 65.8 Å². The van der Waals surface area contributed by atoms with Crippen LogP contribution in [0.25, 0.3) is 0 Å². The Balaban J connectivity index is 2.35. The molecule has 1 aliphatic heterocycles. The molecule has 4 nitrogen and oxygen atoms in total. The number of hydrogen-bond donors (Lipinski definition) is 1. The monoisotopic (exact) mass is 159 g/mol. The molecular formula is C7H13NO3. The van der Waals surface area contributed by atoms with Crippen LogP contribution in [0, 0.1) is 0 Å². The van der Waals surface area contributed by atoms with Gasteiger partial charge in [-0.3, -0.25) is 9.69 Å². The lowest BCUT2D eigenvalue weighted by molar-refractivity contribution is -0.140. The van der Waals surface area contributed by atoms with Gasteiger partial charge >= 0.3 is 5.97 Å². The minimum Gasteiger partial charge on any atom is -0.480 e. The Bertz CT molecular complexity index is 149. The van der Waals surface area contributed by atoms with Crippen LogP contribution in [0.4, 0.5) is 0 Å². The van der Waals surface area contributed by atoms with Crippen LogP contribution in [0.2, 0.25) is 0 Å². The zero-order valence-corrected chi connectivity index (χ0v) is 6.62. The second-order valence-electron chi connectivity index (χ2n) is 2.79. The molecule has 0 aromatic heterocycles. The fourth-order valence-electron chi connectivity index (χ4n) is 1.17. The maximum atomic E-state index is 10.3. The molecule has 1 rings (SSSR count). The van der Waals surface area contributed by atoms with Gasteiger partial charge in [-0.1, -0.05) is 0 Å². The first-order valence-electron chi connectivity index (χ1n) is 3.73. The molecule has 0 spiro atoms. The second kappa shape index (κ2) is 3.69. The van der Waals surface area contributed by atoms with Crippen molar-refractivity contribution in [3.63, 3.8) is 0 Å². The third-order valence-electron chi connectivity index (χ3n) is 1.84. The van der Waals surface area contributed by atoms with Crippen LogP contribution in [-0.4, -0.2) is 48.3 Å². The van der Waals surface area contributed by atoms with Crippen molar-refractivity contribution in [3.8, 4) is 0 Å². The Hall–Kier alpha value is -0.610. The summed E-state index contributed by atoms with van der Waals surface area (Å²) in [6.45, 7) is 4.13. The molecule has 4 heteroatoms. The topological polar surface area (TPSA) is 49.8 Å². The maximum absolute atomic E-state index is 10.3. The van der Waals surface area contributed by atoms with E-state index in [9.17, 15) is 4.79 Å². The van der Waals surface area contributed by atoms with Gasteiger partial charge < -0.3 is 9.84 Å². The molecule has 0 aliphatic carbocycles. The van der Waals surface area contributed by atoms with Gasteiger partial charge in [0.2, 0.25) is 0 Å². The van der Waals surface area contributed by atoms with Crippen LogP contribution in [0.3, 0.4) is 0 Å². The third-order valence-corrected chi connectivity index (χ3v) is 1.84. The van der Waals surface area contributed by atoms with Gasteiger partial charge in [0.05, 0.1) is 19.8 Å². The summed E-state index contributed by atoms with van der Waals surface area (Å²) in [5.74, 6) is -0.765. The van der Waals surface area contributed by atoms with Crippen molar-refractivity contribution in [1.82, 2.24) is 4.90 Å². The van der Waals surface area contributed by atoms with Crippen molar-refractivity contribution in [2.75, 3.05) is 26.3 Å². The largest absolute Gasteiger partial charge is 0.480 e. The highest BCUT2D eigenvalue weighted by Gasteiger charge is 2.20. The number of nitrogens with zero attached hydrogens (tertiary/aromatic N) is 1. The lowest BCUT2D eigenvalue weighted by atomic mass is 10.2. The number of hydrogen-bond acceptors (Lipinski definition) is 3. The minimum atomic E-state index is -0.765. The SMILES string of the molecule is C[C@@H]1COCCN1CC(=O)O. The van der Waals surface area contributed by atoms with Crippen molar-refractivity contribution in [3.05, 3.63) is 0 Å². The van der Waals surface area contributed by atoms with Gasteiger partial charge in [0, 0.05) is 12.6 Å². The summed E-state index contributed by atoms with van der Waals surface area (Å²) in [5.41, 5.74) is 0. The average Bonchev–Trinajstić information content (AvgIpc) is 1.93. The molecule has 1 saturated heterocycles. The Morgan fingerprint density at radius 3 is 3.09 bits per heavy atom. The fraction of sp³-hybridized carbons (Fsp3) is 0.857. The predicted octanol–water partition coefficient (Wildman–Crippen LogP) is -0.208. The maximum Gasteiger partial charge on any atom is 0.317 e. The molecule has 1 aliphatic rings. The van der Waals surface area contributed by atoms with E-state index in [1.54, 1.807) is 0 Å². The molecule has 0 radical (unpaired) electrons. The molecular weight excluding hydrogens is 146 g/mol. The molecule has 64 valence electrons. The van der Waals surface area contributed by atoms with E-state index < -0.39 is 5.97 Å². The van der Waals surface area contributed by atoms with Crippen molar-refractivity contribution in [1.29, 1.82) is 0 Å². The van der Waals surface area contributed by atoms with Crippen LogP contribution in [-0.2, 0) is 9.53 Å². The van der Waals surface area contributed by atoms with Crippen molar-refractivity contribution in [2.24, 2.45) is 0 Å². The molecule has 1 fully saturated rings. The fourth-order valence-corrected chi connectivity index (χ4v) is 1.17. The molecule has 0 amide bonds. The number of carboxylic acid groups (broad SMARTS) is 1. The highest BCUT2D eigenvalue weighted by atomic mass is 16.5. The van der Waals surface area contributed by atoms with E-state index in [2.05, 4.69) is 0 Å². The van der Waals surface area contributed by atoms with Gasteiger partial charge in [-0.25, -0.2) is 0 Å². The number of carboxylic acids is 1. The predicted molar refractivity (Wildman–Crippen MR) is 39.5 cm³/mol. The van der Waals surface area contributed by atoms with E-state index in [0.717, 1.165) is 6.54 Å². The van der Waals surface area contributed by atoms with Gasteiger partial charge in [-0.2, -0.15) is 0 Å². The molecule has 1 heterocycles. The van der Waals surface area contributed by atoms with Crippen LogP contribution in [0.1, 0.15) is 6.92 Å². The summed E-state index contributed by atoms with van der Waals surface area (Å²) >= 11 is 0. The lowest BCUT2D eigenvalue weighted by Gasteiger charge is -2.31. The second-order valence-corrected chi connectivity index (χ2v) is 2.79. The summed E-state index contributed by atoms with van der Waals surface area (Å²) in [6.07, 6.45) is 0. The van der Waals surface area contributed by atoms with Gasteiger partial charge in [0.1, 0.15) is 0 Å². The quantitative estimate of drug-likeness (QED) is 0.605. The van der Waals surface area contributed by atoms with Crippen LogP contribution < -0.4 is 0 Å². The highest BCUT2D eigenvalue weighted by Crippen LogP contribution is 2.04. The smallest absolute Gasteiger partial charge is 0.317 e. The number of aliphatic carboxylic acids is 1. The van der Waals surface area contributed by atoms with Gasteiger partial charge in [-0.05, 0) is 6.92 Å². The molecule has 0 bridgehead atoms. The van der Waals surface area contributed by atoms with Crippen LogP contribution in [0.15, 0.2) is 0 Å². The Morgan fingerprint density at radius 1 is 1.82 bits per heavy atom. The van der Waals surface area contributed by atoms with E-state index in [-0.39, 0.29) is 12.6 Å². The van der Waals surface area contributed by atoms with E-state index in [1.807, 2.05) is 11.8 Å². The average molecular weight is 159 g/mol. The number of carbonyl (C=O) groups is 1. The minimum absolute atomic E-state index is 0.129. The van der Waals surface area contributed by atoms with Gasteiger partial charge in [0.15, 0.2) is 0 Å². The summed E-state index contributed by atoms with van der Waals surface area (Å²) in [5, 5.41) is 8.50. The van der Waals surface area contributed by atoms with Gasteiger partial charge in [-0.15, -0.1) is 0 Å².